The largest absolute Gasteiger partial charge is 0.444 e. The minimum Gasteiger partial charge on any atom is -0.444 e. The van der Waals surface area contributed by atoms with Crippen LogP contribution >= 0.6 is 0 Å². The van der Waals surface area contributed by atoms with Crippen LogP contribution < -0.4 is 0 Å². The number of fused-ring (bicyclic) bond motifs is 1. The molecular weight excluding hydrogens is 314 g/mol. The van der Waals surface area contributed by atoms with Gasteiger partial charge in [-0.2, -0.15) is 0 Å². The first-order chi connectivity index (χ1) is 11.8. The molecule has 1 aliphatic heterocycles. The summed E-state index contributed by atoms with van der Waals surface area (Å²) in [6, 6.07) is 6.24. The van der Waals surface area contributed by atoms with Gasteiger partial charge in [0.05, 0.1) is 13.2 Å². The normalized spacial score (nSPS) is 17.6. The maximum absolute atomic E-state index is 12.2. The Hall–Kier alpha value is -2.07. The van der Waals surface area contributed by atoms with Gasteiger partial charge in [0.25, 0.3) is 0 Å². The molecule has 1 atom stereocenters. The van der Waals surface area contributed by atoms with E-state index in [9.17, 15) is 4.79 Å². The number of benzene rings is 1. The van der Waals surface area contributed by atoms with Crippen molar-refractivity contribution in [2.45, 2.75) is 45.8 Å². The van der Waals surface area contributed by atoms with E-state index in [-0.39, 0.29) is 12.2 Å². The Labute approximate surface area is 151 Å². The summed E-state index contributed by atoms with van der Waals surface area (Å²) in [5.41, 5.74) is 4.24. The number of rotatable bonds is 4. The lowest BCUT2D eigenvalue weighted by Gasteiger charge is -2.32. The van der Waals surface area contributed by atoms with Crippen LogP contribution in [0, 0.1) is 0 Å². The van der Waals surface area contributed by atoms with Gasteiger partial charge in [-0.05, 0) is 56.4 Å². The summed E-state index contributed by atoms with van der Waals surface area (Å²) in [4.78, 5) is 13.8. The van der Waals surface area contributed by atoms with Crippen LogP contribution in [0.5, 0.6) is 0 Å². The first-order valence-electron chi connectivity index (χ1n) is 8.73. The Kier molecular flexibility index (Phi) is 6.07. The number of allylic oxidation sites excluding steroid dienone is 3. The molecule has 1 aliphatic rings. The van der Waals surface area contributed by atoms with Crippen LogP contribution in [0.4, 0.5) is 4.79 Å². The van der Waals surface area contributed by atoms with E-state index in [0.717, 1.165) is 17.6 Å². The van der Waals surface area contributed by atoms with E-state index in [1.807, 2.05) is 39.8 Å². The third-order valence-corrected chi connectivity index (χ3v) is 4.22. The molecule has 0 saturated carbocycles. The molecule has 0 spiro atoms. The van der Waals surface area contributed by atoms with Gasteiger partial charge in [-0.1, -0.05) is 36.9 Å². The van der Waals surface area contributed by atoms with Crippen molar-refractivity contribution in [2.24, 2.45) is 0 Å². The van der Waals surface area contributed by atoms with Gasteiger partial charge in [0, 0.05) is 7.05 Å². The van der Waals surface area contributed by atoms with Crippen LogP contribution in [-0.4, -0.2) is 36.8 Å². The van der Waals surface area contributed by atoms with Gasteiger partial charge >= 0.3 is 6.09 Å². The molecule has 1 aromatic rings. The van der Waals surface area contributed by atoms with E-state index < -0.39 is 5.60 Å². The van der Waals surface area contributed by atoms with Crippen molar-refractivity contribution in [1.82, 2.24) is 4.90 Å². The number of carbonyl (C=O) groups excluding carboxylic acids is 1. The van der Waals surface area contributed by atoms with Crippen molar-refractivity contribution in [3.63, 3.8) is 0 Å². The van der Waals surface area contributed by atoms with Gasteiger partial charge in [0.2, 0.25) is 0 Å². The minimum atomic E-state index is -0.505. The van der Waals surface area contributed by atoms with Crippen molar-refractivity contribution >= 4 is 11.7 Å². The predicted octanol–water partition coefficient (Wildman–Crippen LogP) is 4.76. The van der Waals surface area contributed by atoms with E-state index in [4.69, 9.17) is 9.47 Å². The maximum Gasteiger partial charge on any atom is 0.410 e. The van der Waals surface area contributed by atoms with Crippen LogP contribution in [-0.2, 0) is 15.9 Å². The standard InChI is InChI=1S/C21H29NO3/c1-7-15(8-2)16-10-9-11-18-17(16)12-13-24-19(18)14-22(6)20(23)25-21(3,4)5/h7-11,19H,1,12-14H2,2-6H3/b15-8+. The molecule has 0 bridgehead atoms. The monoisotopic (exact) mass is 343 g/mol. The Morgan fingerprint density at radius 3 is 2.76 bits per heavy atom. The summed E-state index contributed by atoms with van der Waals surface area (Å²) in [6.45, 7) is 12.6. The highest BCUT2D eigenvalue weighted by molar-refractivity contribution is 5.76. The van der Waals surface area contributed by atoms with Crippen molar-refractivity contribution in [2.75, 3.05) is 20.2 Å². The Morgan fingerprint density at radius 1 is 1.44 bits per heavy atom. The fourth-order valence-corrected chi connectivity index (χ4v) is 3.05. The molecule has 0 N–H and O–H groups in total. The molecule has 0 radical (unpaired) electrons. The van der Waals surface area contributed by atoms with Crippen LogP contribution in [0.25, 0.3) is 5.57 Å². The molecular formula is C21H29NO3. The number of likely N-dealkylation sites (N-methyl/N-ethyl adjacent to an activating group) is 1. The molecule has 0 aliphatic carbocycles. The molecule has 1 aromatic carbocycles. The molecule has 4 heteroatoms. The first kappa shape index (κ1) is 19.3. The van der Waals surface area contributed by atoms with Crippen LogP contribution in [0.15, 0.2) is 36.9 Å². The zero-order valence-corrected chi connectivity index (χ0v) is 16.0. The number of hydrogen-bond donors (Lipinski definition) is 0. The fourth-order valence-electron chi connectivity index (χ4n) is 3.05. The average molecular weight is 343 g/mol. The highest BCUT2D eigenvalue weighted by Crippen LogP contribution is 2.33. The van der Waals surface area contributed by atoms with Crippen molar-refractivity contribution in [1.29, 1.82) is 0 Å². The first-order valence-corrected chi connectivity index (χ1v) is 8.73. The number of nitrogens with zero attached hydrogens (tertiary/aromatic N) is 1. The molecule has 0 aromatic heterocycles. The Morgan fingerprint density at radius 2 is 2.16 bits per heavy atom. The van der Waals surface area contributed by atoms with Gasteiger partial charge in [-0.15, -0.1) is 0 Å². The van der Waals surface area contributed by atoms with E-state index in [1.165, 1.54) is 11.1 Å². The van der Waals surface area contributed by atoms with E-state index in [1.54, 1.807) is 11.9 Å². The molecule has 4 nitrogen and oxygen atoms in total. The van der Waals surface area contributed by atoms with Gasteiger partial charge in [0.15, 0.2) is 0 Å². The molecule has 136 valence electrons. The number of hydrogen-bond acceptors (Lipinski definition) is 3. The fraction of sp³-hybridized carbons (Fsp3) is 0.476. The molecule has 1 unspecified atom stereocenters. The van der Waals surface area contributed by atoms with Crippen LogP contribution in [0.2, 0.25) is 0 Å². The maximum atomic E-state index is 12.2. The third-order valence-electron chi connectivity index (χ3n) is 4.22. The zero-order valence-electron chi connectivity index (χ0n) is 16.0. The second kappa shape index (κ2) is 7.87. The molecule has 25 heavy (non-hydrogen) atoms. The molecule has 1 heterocycles. The summed E-state index contributed by atoms with van der Waals surface area (Å²) in [6.07, 6.45) is 4.33. The lowest BCUT2D eigenvalue weighted by molar-refractivity contribution is -0.00167. The Balaban J connectivity index is 2.23. The summed E-state index contributed by atoms with van der Waals surface area (Å²) in [7, 11) is 1.75. The van der Waals surface area contributed by atoms with Crippen LogP contribution in [0.1, 0.15) is 50.5 Å². The number of carbonyl (C=O) groups is 1. The molecule has 2 rings (SSSR count). The van der Waals surface area contributed by atoms with Gasteiger partial charge < -0.3 is 14.4 Å². The van der Waals surface area contributed by atoms with Crippen molar-refractivity contribution < 1.29 is 14.3 Å². The summed E-state index contributed by atoms with van der Waals surface area (Å²) in [5.74, 6) is 0. The minimum absolute atomic E-state index is 0.149. The van der Waals surface area contributed by atoms with E-state index >= 15 is 0 Å². The zero-order chi connectivity index (χ0) is 18.6. The smallest absolute Gasteiger partial charge is 0.410 e. The predicted molar refractivity (Wildman–Crippen MR) is 102 cm³/mol. The number of ether oxygens (including phenoxy) is 2. The highest BCUT2D eigenvalue weighted by atomic mass is 16.6. The summed E-state index contributed by atoms with van der Waals surface area (Å²) < 4.78 is 11.4. The average Bonchev–Trinajstić information content (AvgIpc) is 2.55. The SMILES string of the molecule is C=C/C(=C\C)c1cccc2c1CCOC2CN(C)C(=O)OC(C)(C)C. The lowest BCUT2D eigenvalue weighted by Crippen LogP contribution is -2.38. The van der Waals surface area contributed by atoms with E-state index in [0.29, 0.717) is 13.2 Å². The van der Waals surface area contributed by atoms with Crippen molar-refractivity contribution in [3.05, 3.63) is 53.6 Å². The second-order valence-electron chi connectivity index (χ2n) is 7.29. The molecule has 0 saturated heterocycles. The molecule has 1 amide bonds. The molecule has 0 fully saturated rings. The highest BCUT2D eigenvalue weighted by Gasteiger charge is 2.27. The second-order valence-corrected chi connectivity index (χ2v) is 7.29. The van der Waals surface area contributed by atoms with Crippen LogP contribution in [0.3, 0.4) is 0 Å². The van der Waals surface area contributed by atoms with Crippen molar-refractivity contribution in [3.8, 4) is 0 Å². The third kappa shape index (κ3) is 4.73. The van der Waals surface area contributed by atoms with Gasteiger partial charge in [-0.25, -0.2) is 4.79 Å². The lowest BCUT2D eigenvalue weighted by atomic mass is 9.89. The topological polar surface area (TPSA) is 38.8 Å². The Bertz CT molecular complexity index is 670. The van der Waals surface area contributed by atoms with Gasteiger partial charge in [0.1, 0.15) is 11.7 Å². The number of amides is 1. The van der Waals surface area contributed by atoms with E-state index in [2.05, 4.69) is 24.8 Å². The summed E-state index contributed by atoms with van der Waals surface area (Å²) in [5, 5.41) is 0. The van der Waals surface area contributed by atoms with Gasteiger partial charge in [-0.3, -0.25) is 0 Å². The quantitative estimate of drug-likeness (QED) is 0.740. The summed E-state index contributed by atoms with van der Waals surface area (Å²) >= 11 is 0.